The first-order valence-corrected chi connectivity index (χ1v) is 5.73. The molecule has 1 aliphatic carbocycles. The Morgan fingerprint density at radius 1 is 1.25 bits per heavy atom. The molecule has 1 aromatic rings. The lowest BCUT2D eigenvalue weighted by molar-refractivity contribution is 0.354. The van der Waals surface area contributed by atoms with Crippen molar-refractivity contribution in [2.24, 2.45) is 5.92 Å². The van der Waals surface area contributed by atoms with Crippen LogP contribution in [0.4, 0.5) is 0 Å². The second kappa shape index (κ2) is 3.39. The average molecular weight is 219 g/mol. The van der Waals surface area contributed by atoms with Crippen molar-refractivity contribution in [2.75, 3.05) is 27.3 Å². The molecule has 3 rings (SSSR count). The Hall–Kier alpha value is -1.22. The van der Waals surface area contributed by atoms with E-state index in [2.05, 4.69) is 17.4 Å². The molecular weight excluding hydrogens is 202 g/mol. The number of fused-ring (bicyclic) bond motifs is 1. The standard InChI is InChI=1S/C13H17NO2/c1-15-11-4-3-9(5-12(11)16-2)13-6-10(13)7-14-8-13/h3-5,10,14H,6-8H2,1-2H3. The van der Waals surface area contributed by atoms with Crippen molar-refractivity contribution in [1.29, 1.82) is 0 Å². The second-order valence-corrected chi connectivity index (χ2v) is 4.76. The first-order valence-electron chi connectivity index (χ1n) is 5.73. The highest BCUT2D eigenvalue weighted by molar-refractivity contribution is 5.48. The third kappa shape index (κ3) is 1.24. The fraction of sp³-hybridized carbons (Fsp3) is 0.538. The van der Waals surface area contributed by atoms with Crippen LogP contribution >= 0.6 is 0 Å². The average Bonchev–Trinajstić information content (AvgIpc) is 2.91. The molecule has 2 aliphatic rings. The van der Waals surface area contributed by atoms with Gasteiger partial charge in [0.2, 0.25) is 0 Å². The first kappa shape index (κ1) is 9.97. The van der Waals surface area contributed by atoms with Gasteiger partial charge in [0, 0.05) is 12.0 Å². The molecule has 0 spiro atoms. The van der Waals surface area contributed by atoms with Crippen molar-refractivity contribution >= 4 is 0 Å². The first-order chi connectivity index (χ1) is 7.80. The maximum atomic E-state index is 5.35. The quantitative estimate of drug-likeness (QED) is 0.837. The molecule has 2 unspecified atom stereocenters. The number of nitrogens with one attached hydrogen (secondary N) is 1. The molecule has 2 atom stereocenters. The summed E-state index contributed by atoms with van der Waals surface area (Å²) in [5.74, 6) is 2.48. The van der Waals surface area contributed by atoms with E-state index >= 15 is 0 Å². The predicted molar refractivity (Wildman–Crippen MR) is 62.2 cm³/mol. The van der Waals surface area contributed by atoms with Gasteiger partial charge >= 0.3 is 0 Å². The lowest BCUT2D eigenvalue weighted by Gasteiger charge is -2.15. The molecule has 0 radical (unpaired) electrons. The Morgan fingerprint density at radius 2 is 2.06 bits per heavy atom. The fourth-order valence-electron chi connectivity index (χ4n) is 2.94. The van der Waals surface area contributed by atoms with Gasteiger partial charge in [-0.1, -0.05) is 6.07 Å². The Morgan fingerprint density at radius 3 is 2.62 bits per heavy atom. The predicted octanol–water partition coefficient (Wildman–Crippen LogP) is 1.56. The fourth-order valence-corrected chi connectivity index (χ4v) is 2.94. The van der Waals surface area contributed by atoms with Crippen LogP contribution in [0.2, 0.25) is 0 Å². The van der Waals surface area contributed by atoms with Gasteiger partial charge in [0.15, 0.2) is 11.5 Å². The summed E-state index contributed by atoms with van der Waals surface area (Å²) in [6.07, 6.45) is 1.31. The van der Waals surface area contributed by atoms with Crippen molar-refractivity contribution in [3.63, 3.8) is 0 Å². The zero-order chi connectivity index (χ0) is 11.2. The molecule has 1 aliphatic heterocycles. The molecule has 1 aromatic carbocycles. The summed E-state index contributed by atoms with van der Waals surface area (Å²) >= 11 is 0. The molecule has 1 heterocycles. The molecule has 86 valence electrons. The van der Waals surface area contributed by atoms with E-state index < -0.39 is 0 Å². The Labute approximate surface area is 95.8 Å². The molecule has 0 amide bonds. The SMILES string of the molecule is COc1ccc(C23CNCC2C3)cc1OC. The lowest BCUT2D eigenvalue weighted by atomic mass is 9.95. The Kier molecular flexibility index (Phi) is 2.11. The lowest BCUT2D eigenvalue weighted by Crippen LogP contribution is -2.19. The maximum Gasteiger partial charge on any atom is 0.161 e. The summed E-state index contributed by atoms with van der Waals surface area (Å²) in [6, 6.07) is 6.32. The minimum absolute atomic E-state index is 0.388. The summed E-state index contributed by atoms with van der Waals surface area (Å²) in [7, 11) is 3.36. The molecule has 1 saturated carbocycles. The zero-order valence-electron chi connectivity index (χ0n) is 9.75. The highest BCUT2D eigenvalue weighted by Crippen LogP contribution is 2.57. The van der Waals surface area contributed by atoms with Gasteiger partial charge in [-0.2, -0.15) is 0 Å². The molecule has 3 nitrogen and oxygen atoms in total. The second-order valence-electron chi connectivity index (χ2n) is 4.76. The van der Waals surface area contributed by atoms with Crippen LogP contribution in [-0.2, 0) is 5.41 Å². The molecule has 0 aromatic heterocycles. The number of methoxy groups -OCH3 is 2. The van der Waals surface area contributed by atoms with Gasteiger partial charge < -0.3 is 14.8 Å². The van der Waals surface area contributed by atoms with Gasteiger partial charge in [-0.3, -0.25) is 0 Å². The van der Waals surface area contributed by atoms with Crippen LogP contribution in [0.15, 0.2) is 18.2 Å². The smallest absolute Gasteiger partial charge is 0.161 e. The van der Waals surface area contributed by atoms with Crippen LogP contribution in [0.1, 0.15) is 12.0 Å². The van der Waals surface area contributed by atoms with Crippen LogP contribution in [-0.4, -0.2) is 27.3 Å². The number of hydrogen-bond acceptors (Lipinski definition) is 3. The van der Waals surface area contributed by atoms with E-state index in [0.29, 0.717) is 5.41 Å². The monoisotopic (exact) mass is 219 g/mol. The normalized spacial score (nSPS) is 31.0. The van der Waals surface area contributed by atoms with Gasteiger partial charge in [-0.25, -0.2) is 0 Å². The van der Waals surface area contributed by atoms with E-state index in [9.17, 15) is 0 Å². The number of hydrogen-bond donors (Lipinski definition) is 1. The zero-order valence-corrected chi connectivity index (χ0v) is 9.75. The minimum atomic E-state index is 0.388. The molecule has 16 heavy (non-hydrogen) atoms. The van der Waals surface area contributed by atoms with Gasteiger partial charge in [0.05, 0.1) is 14.2 Å². The summed E-state index contributed by atoms with van der Waals surface area (Å²) in [5, 5.41) is 3.46. The van der Waals surface area contributed by atoms with E-state index in [-0.39, 0.29) is 0 Å². The summed E-state index contributed by atoms with van der Waals surface area (Å²) < 4.78 is 10.6. The van der Waals surface area contributed by atoms with E-state index in [4.69, 9.17) is 9.47 Å². The van der Waals surface area contributed by atoms with Gasteiger partial charge in [-0.05, 0) is 36.6 Å². The topological polar surface area (TPSA) is 30.5 Å². The van der Waals surface area contributed by atoms with Crippen LogP contribution in [0.25, 0.3) is 0 Å². The molecule has 3 heteroatoms. The number of piperidine rings is 1. The summed E-state index contributed by atoms with van der Waals surface area (Å²) in [6.45, 7) is 2.27. The highest BCUT2D eigenvalue weighted by atomic mass is 16.5. The third-order valence-corrected chi connectivity index (χ3v) is 4.02. The molecule has 0 bridgehead atoms. The van der Waals surface area contributed by atoms with Crippen LogP contribution in [0, 0.1) is 5.92 Å². The maximum absolute atomic E-state index is 5.35. The highest BCUT2D eigenvalue weighted by Gasteiger charge is 2.58. The molecule has 2 fully saturated rings. The van der Waals surface area contributed by atoms with Crippen LogP contribution in [0.3, 0.4) is 0 Å². The van der Waals surface area contributed by atoms with Gasteiger partial charge in [0.25, 0.3) is 0 Å². The number of benzene rings is 1. The van der Waals surface area contributed by atoms with E-state index in [1.54, 1.807) is 14.2 Å². The van der Waals surface area contributed by atoms with Crippen molar-refractivity contribution in [3.05, 3.63) is 23.8 Å². The van der Waals surface area contributed by atoms with Gasteiger partial charge in [0.1, 0.15) is 0 Å². The summed E-state index contributed by atoms with van der Waals surface area (Å²) in [5.41, 5.74) is 1.78. The molecule has 1 saturated heterocycles. The Bertz CT molecular complexity index is 418. The Balaban J connectivity index is 1.97. The largest absolute Gasteiger partial charge is 0.493 e. The van der Waals surface area contributed by atoms with Crippen molar-refractivity contribution < 1.29 is 9.47 Å². The van der Waals surface area contributed by atoms with Crippen molar-refractivity contribution in [3.8, 4) is 11.5 Å². The van der Waals surface area contributed by atoms with Gasteiger partial charge in [-0.15, -0.1) is 0 Å². The van der Waals surface area contributed by atoms with E-state index in [0.717, 1.165) is 30.5 Å². The number of ether oxygens (including phenoxy) is 2. The molecular formula is C13H17NO2. The van der Waals surface area contributed by atoms with Crippen LogP contribution in [0.5, 0.6) is 11.5 Å². The van der Waals surface area contributed by atoms with E-state index in [1.807, 2.05) is 6.07 Å². The van der Waals surface area contributed by atoms with Crippen molar-refractivity contribution in [1.82, 2.24) is 5.32 Å². The summed E-state index contributed by atoms with van der Waals surface area (Å²) in [4.78, 5) is 0. The van der Waals surface area contributed by atoms with Crippen molar-refractivity contribution in [2.45, 2.75) is 11.8 Å². The third-order valence-electron chi connectivity index (χ3n) is 4.02. The minimum Gasteiger partial charge on any atom is -0.493 e. The van der Waals surface area contributed by atoms with Crippen LogP contribution < -0.4 is 14.8 Å². The van der Waals surface area contributed by atoms with E-state index in [1.165, 1.54) is 12.0 Å². The molecule has 1 N–H and O–H groups in total. The number of rotatable bonds is 3.